The van der Waals surface area contributed by atoms with Crippen molar-refractivity contribution in [3.05, 3.63) is 64.2 Å². The number of nitrogens with one attached hydrogen (secondary N) is 1. The highest BCUT2D eigenvalue weighted by molar-refractivity contribution is 7.92. The molecule has 1 unspecified atom stereocenters. The van der Waals surface area contributed by atoms with Crippen LogP contribution in [0.15, 0.2) is 42.5 Å². The number of carbonyl (C=O) groups is 2. The molecule has 1 atom stereocenters. The van der Waals surface area contributed by atoms with E-state index in [1.165, 1.54) is 10.6 Å². The van der Waals surface area contributed by atoms with Crippen molar-refractivity contribution in [2.75, 3.05) is 17.1 Å². The lowest BCUT2D eigenvalue weighted by Crippen LogP contribution is -2.53. The van der Waals surface area contributed by atoms with Crippen LogP contribution in [-0.2, 0) is 26.2 Å². The van der Waals surface area contributed by atoms with Gasteiger partial charge >= 0.3 is 0 Å². The monoisotopic (exact) mass is 549 g/mol. The Morgan fingerprint density at radius 3 is 2.27 bits per heavy atom. The summed E-state index contributed by atoms with van der Waals surface area (Å²) in [7, 11) is -3.56. The first-order chi connectivity index (χ1) is 17.2. The number of aryl methyl sites for hydroxylation is 1. The van der Waals surface area contributed by atoms with Crippen molar-refractivity contribution < 1.29 is 18.0 Å². The molecule has 0 fully saturated rings. The first-order valence-electron chi connectivity index (χ1n) is 12.5. The van der Waals surface area contributed by atoms with E-state index in [0.717, 1.165) is 16.7 Å². The van der Waals surface area contributed by atoms with Gasteiger partial charge in [0.05, 0.1) is 11.9 Å². The van der Waals surface area contributed by atoms with E-state index < -0.39 is 21.6 Å². The molecule has 37 heavy (non-hydrogen) atoms. The van der Waals surface area contributed by atoms with Crippen molar-refractivity contribution in [1.29, 1.82) is 0 Å². The van der Waals surface area contributed by atoms with Crippen LogP contribution in [0.25, 0.3) is 0 Å². The Bertz CT molecular complexity index is 1210. The Morgan fingerprint density at radius 2 is 1.70 bits per heavy atom. The molecule has 2 aromatic rings. The van der Waals surface area contributed by atoms with Crippen LogP contribution in [0.2, 0.25) is 5.02 Å². The molecule has 0 radical (unpaired) electrons. The molecule has 0 aliphatic heterocycles. The third-order valence-corrected chi connectivity index (χ3v) is 7.73. The number of amides is 2. The van der Waals surface area contributed by atoms with Crippen LogP contribution in [-0.4, -0.2) is 49.5 Å². The van der Waals surface area contributed by atoms with Gasteiger partial charge < -0.3 is 10.2 Å². The maximum absolute atomic E-state index is 13.6. The highest BCUT2D eigenvalue weighted by Crippen LogP contribution is 2.26. The fourth-order valence-corrected chi connectivity index (χ4v) is 5.38. The van der Waals surface area contributed by atoms with Crippen LogP contribution in [0.5, 0.6) is 0 Å². The molecular formula is C28H40ClN3O4S. The van der Waals surface area contributed by atoms with Crippen LogP contribution < -0.4 is 9.62 Å². The second kappa shape index (κ2) is 12.8. The van der Waals surface area contributed by atoms with E-state index >= 15 is 0 Å². The summed E-state index contributed by atoms with van der Waals surface area (Å²) in [5.74, 6) is -0.464. The van der Waals surface area contributed by atoms with Crippen molar-refractivity contribution in [1.82, 2.24) is 10.2 Å². The van der Waals surface area contributed by atoms with Gasteiger partial charge in [0.1, 0.15) is 6.04 Å². The number of hydrogen-bond donors (Lipinski definition) is 1. The Morgan fingerprint density at radius 1 is 1.05 bits per heavy atom. The lowest BCUT2D eigenvalue weighted by molar-refractivity contribution is -0.142. The zero-order chi connectivity index (χ0) is 28.0. The van der Waals surface area contributed by atoms with Gasteiger partial charge in [0.25, 0.3) is 0 Å². The van der Waals surface area contributed by atoms with Crippen LogP contribution in [0.1, 0.15) is 63.6 Å². The Kier molecular flexibility index (Phi) is 10.6. The molecule has 0 aromatic heterocycles. The van der Waals surface area contributed by atoms with E-state index in [1.807, 2.05) is 71.9 Å². The fourth-order valence-electron chi connectivity index (χ4n) is 4.17. The molecule has 1 N–H and O–H groups in total. The number of sulfonamides is 1. The third kappa shape index (κ3) is 8.75. The van der Waals surface area contributed by atoms with Crippen LogP contribution in [0.3, 0.4) is 0 Å². The van der Waals surface area contributed by atoms with Gasteiger partial charge in [-0.3, -0.25) is 13.9 Å². The fraction of sp³-hybridized carbons (Fsp3) is 0.500. The van der Waals surface area contributed by atoms with Crippen molar-refractivity contribution in [3.8, 4) is 0 Å². The summed E-state index contributed by atoms with van der Waals surface area (Å²) in [6.07, 6.45) is 1.98. The van der Waals surface area contributed by atoms with Crippen molar-refractivity contribution in [2.45, 2.75) is 78.9 Å². The maximum Gasteiger partial charge on any atom is 0.243 e. The number of benzene rings is 2. The van der Waals surface area contributed by atoms with Gasteiger partial charge in [-0.1, -0.05) is 48.9 Å². The number of carbonyl (C=O) groups excluding carboxylic acids is 2. The molecule has 7 nitrogen and oxygen atoms in total. The highest BCUT2D eigenvalue weighted by Gasteiger charge is 2.31. The standard InChI is InChI=1S/C28H40ClN3O4S/c1-8-24(27(34)30-28(4,5)6)31(19-22-14-9-10-15-23(22)29)26(33)17-12-18-32(37(7,35)36)25-16-11-13-20(2)21(25)3/h9-11,13-16,24H,8,12,17-19H2,1-7H3,(H,30,34). The molecule has 0 aliphatic carbocycles. The number of halogens is 1. The van der Waals surface area contributed by atoms with E-state index in [1.54, 1.807) is 17.0 Å². The molecule has 2 amide bonds. The minimum Gasteiger partial charge on any atom is -0.350 e. The normalized spacial score (nSPS) is 12.6. The average Bonchev–Trinajstić information content (AvgIpc) is 2.78. The van der Waals surface area contributed by atoms with Gasteiger partial charge in [0, 0.05) is 30.1 Å². The molecule has 2 rings (SSSR count). The van der Waals surface area contributed by atoms with Gasteiger partial charge in [0.2, 0.25) is 21.8 Å². The topological polar surface area (TPSA) is 86.8 Å². The van der Waals surface area contributed by atoms with Gasteiger partial charge in [-0.2, -0.15) is 0 Å². The zero-order valence-electron chi connectivity index (χ0n) is 23.0. The van der Waals surface area contributed by atoms with Crippen LogP contribution in [0, 0.1) is 13.8 Å². The maximum atomic E-state index is 13.6. The number of hydrogen-bond acceptors (Lipinski definition) is 4. The van der Waals surface area contributed by atoms with E-state index in [9.17, 15) is 18.0 Å². The predicted octanol–water partition coefficient (Wildman–Crippen LogP) is 5.23. The molecule has 9 heteroatoms. The zero-order valence-corrected chi connectivity index (χ0v) is 24.5. The number of nitrogens with zero attached hydrogens (tertiary/aromatic N) is 2. The van der Waals surface area contributed by atoms with Gasteiger partial charge in [-0.15, -0.1) is 0 Å². The average molecular weight is 550 g/mol. The number of anilines is 1. The predicted molar refractivity (Wildman–Crippen MR) is 151 cm³/mol. The molecule has 0 spiro atoms. The quantitative estimate of drug-likeness (QED) is 0.416. The molecule has 0 saturated heterocycles. The van der Waals surface area contributed by atoms with E-state index in [-0.39, 0.29) is 31.3 Å². The summed E-state index contributed by atoms with van der Waals surface area (Å²) in [6.45, 7) is 11.7. The second-order valence-corrected chi connectivity index (χ2v) is 12.7. The largest absolute Gasteiger partial charge is 0.350 e. The lowest BCUT2D eigenvalue weighted by atomic mass is 10.0. The molecule has 204 valence electrons. The molecule has 2 aromatic carbocycles. The number of rotatable bonds is 11. The SMILES string of the molecule is CCC(C(=O)NC(C)(C)C)N(Cc1ccccc1Cl)C(=O)CCCN(c1cccc(C)c1C)S(C)(=O)=O. The molecule has 0 saturated carbocycles. The highest BCUT2D eigenvalue weighted by atomic mass is 35.5. The van der Waals surface area contributed by atoms with Crippen LogP contribution in [0.4, 0.5) is 5.69 Å². The lowest BCUT2D eigenvalue weighted by Gasteiger charge is -2.33. The molecule has 0 heterocycles. The second-order valence-electron chi connectivity index (χ2n) is 10.4. The molecular weight excluding hydrogens is 510 g/mol. The van der Waals surface area contributed by atoms with Crippen molar-refractivity contribution in [2.24, 2.45) is 0 Å². The summed E-state index contributed by atoms with van der Waals surface area (Å²) < 4.78 is 26.6. The minimum atomic E-state index is -3.56. The summed E-state index contributed by atoms with van der Waals surface area (Å²) >= 11 is 6.39. The summed E-state index contributed by atoms with van der Waals surface area (Å²) in [5, 5.41) is 3.50. The molecule has 0 bridgehead atoms. The summed E-state index contributed by atoms with van der Waals surface area (Å²) in [4.78, 5) is 28.3. The van der Waals surface area contributed by atoms with E-state index in [2.05, 4.69) is 5.32 Å². The first kappa shape index (κ1) is 30.6. The van der Waals surface area contributed by atoms with Crippen molar-refractivity contribution in [3.63, 3.8) is 0 Å². The summed E-state index contributed by atoms with van der Waals surface area (Å²) in [5.41, 5.74) is 2.77. The van der Waals surface area contributed by atoms with Gasteiger partial charge in [0.15, 0.2) is 0 Å². The smallest absolute Gasteiger partial charge is 0.243 e. The van der Waals surface area contributed by atoms with Crippen LogP contribution >= 0.6 is 11.6 Å². The van der Waals surface area contributed by atoms with Crippen molar-refractivity contribution >= 4 is 39.1 Å². The van der Waals surface area contributed by atoms with E-state index in [0.29, 0.717) is 23.6 Å². The van der Waals surface area contributed by atoms with Gasteiger partial charge in [-0.05, 0) is 76.3 Å². The van der Waals surface area contributed by atoms with E-state index in [4.69, 9.17) is 11.6 Å². The Balaban J connectivity index is 2.29. The third-order valence-electron chi connectivity index (χ3n) is 6.18. The summed E-state index contributed by atoms with van der Waals surface area (Å²) in [6, 6.07) is 12.1. The Hall–Kier alpha value is -2.58. The Labute approximate surface area is 227 Å². The minimum absolute atomic E-state index is 0.0840. The first-order valence-corrected chi connectivity index (χ1v) is 14.8. The van der Waals surface area contributed by atoms with Gasteiger partial charge in [-0.25, -0.2) is 8.42 Å². The molecule has 0 aliphatic rings.